The molecule has 2 heterocycles. The minimum absolute atomic E-state index is 0.0143. The van der Waals surface area contributed by atoms with Crippen LogP contribution in [0.15, 0.2) is 29.8 Å². The van der Waals surface area contributed by atoms with Crippen molar-refractivity contribution in [2.24, 2.45) is 11.7 Å². The average Bonchev–Trinajstić information content (AvgIpc) is 3.36. The molecular formula is C23H30N4O5S. The first-order valence-corrected chi connectivity index (χ1v) is 11.7. The molecule has 33 heavy (non-hydrogen) atoms. The number of carbonyl (C=O) groups is 3. The fourth-order valence-corrected chi connectivity index (χ4v) is 4.77. The van der Waals surface area contributed by atoms with Crippen LogP contribution in [0.4, 0.5) is 4.79 Å². The molecule has 2 aromatic rings. The van der Waals surface area contributed by atoms with E-state index in [1.54, 1.807) is 25.2 Å². The van der Waals surface area contributed by atoms with Crippen molar-refractivity contribution in [3.63, 3.8) is 0 Å². The van der Waals surface area contributed by atoms with Crippen molar-refractivity contribution in [3.8, 4) is 10.4 Å². The Bertz CT molecular complexity index is 1010. The Morgan fingerprint density at radius 2 is 1.91 bits per heavy atom. The van der Waals surface area contributed by atoms with E-state index in [0.29, 0.717) is 0 Å². The number of thiazole rings is 1. The molecule has 0 radical (unpaired) electrons. The second-order valence-electron chi connectivity index (χ2n) is 8.62. The quantitative estimate of drug-likeness (QED) is 0.564. The second kappa shape index (κ2) is 10.3. The van der Waals surface area contributed by atoms with Gasteiger partial charge in [0.25, 0.3) is 5.91 Å². The molecule has 9 nitrogen and oxygen atoms in total. The number of aliphatic hydroxyl groups excluding tert-OH is 1. The van der Waals surface area contributed by atoms with E-state index in [-0.39, 0.29) is 30.8 Å². The van der Waals surface area contributed by atoms with Crippen molar-refractivity contribution < 1.29 is 24.2 Å². The number of ether oxygens (including phenoxy) is 1. The van der Waals surface area contributed by atoms with E-state index in [9.17, 15) is 19.5 Å². The lowest BCUT2D eigenvalue weighted by molar-refractivity contribution is -0.147. The summed E-state index contributed by atoms with van der Waals surface area (Å²) in [4.78, 5) is 43.9. The number of aromatic nitrogens is 1. The Balaban J connectivity index is 1.70. The van der Waals surface area contributed by atoms with E-state index in [4.69, 9.17) is 10.5 Å². The third-order valence-electron chi connectivity index (χ3n) is 5.73. The number of nitrogens with one attached hydrogen (secondary N) is 1. The van der Waals surface area contributed by atoms with E-state index in [0.717, 1.165) is 21.7 Å². The van der Waals surface area contributed by atoms with Crippen LogP contribution in [0.3, 0.4) is 0 Å². The first-order chi connectivity index (χ1) is 15.6. The van der Waals surface area contributed by atoms with Crippen LogP contribution in [0.1, 0.15) is 44.5 Å². The molecular weight excluding hydrogens is 444 g/mol. The first-order valence-electron chi connectivity index (χ1n) is 10.8. The molecule has 1 fully saturated rings. The summed E-state index contributed by atoms with van der Waals surface area (Å²) in [6.07, 6.45) is -2.92. The maximum atomic E-state index is 13.0. The number of rotatable bonds is 7. The molecule has 10 heteroatoms. The van der Waals surface area contributed by atoms with Gasteiger partial charge < -0.3 is 25.8 Å². The Hall–Kier alpha value is -2.98. The predicted octanol–water partition coefficient (Wildman–Crippen LogP) is 2.38. The third-order valence-corrected chi connectivity index (χ3v) is 6.71. The molecule has 178 valence electrons. The molecule has 1 aromatic carbocycles. The van der Waals surface area contributed by atoms with Gasteiger partial charge in [0.15, 0.2) is 6.10 Å². The lowest BCUT2D eigenvalue weighted by atomic mass is 10.0. The van der Waals surface area contributed by atoms with Gasteiger partial charge in [0, 0.05) is 13.0 Å². The molecule has 1 saturated heterocycles. The maximum Gasteiger partial charge on any atom is 0.405 e. The summed E-state index contributed by atoms with van der Waals surface area (Å²) in [7, 11) is 0. The average molecular weight is 475 g/mol. The Morgan fingerprint density at radius 3 is 2.45 bits per heavy atom. The van der Waals surface area contributed by atoms with Crippen LogP contribution in [-0.4, -0.2) is 57.7 Å². The van der Waals surface area contributed by atoms with Crippen LogP contribution in [0.2, 0.25) is 0 Å². The molecule has 1 aromatic heterocycles. The van der Waals surface area contributed by atoms with Crippen LogP contribution < -0.4 is 11.1 Å². The topological polar surface area (TPSA) is 135 Å². The molecule has 1 aliphatic rings. The van der Waals surface area contributed by atoms with Gasteiger partial charge in [0.2, 0.25) is 5.91 Å². The van der Waals surface area contributed by atoms with Gasteiger partial charge in [-0.1, -0.05) is 38.1 Å². The highest BCUT2D eigenvalue weighted by atomic mass is 32.1. The SMILES string of the molecule is Cc1ncsc1-c1ccc(C(C)NC(=O)[C@@H]2C[C@@H](O)CN2C(=O)C(OC(N)=O)C(C)C)cc1. The standard InChI is InChI=1S/C23H30N4O5S/c1-12(2)19(32-23(24)31)22(30)27-10-17(28)9-18(27)21(29)26-13(3)15-5-7-16(8-6-15)20-14(4)25-11-33-20/h5-8,11-13,17-19,28H,9-10H2,1-4H3,(H2,24,31)(H,26,29)/t13?,17-,18+,19?/m1/s1. The molecule has 1 aliphatic heterocycles. The molecule has 3 rings (SSSR count). The number of hydrogen-bond donors (Lipinski definition) is 3. The van der Waals surface area contributed by atoms with Gasteiger partial charge in [-0.3, -0.25) is 9.59 Å². The van der Waals surface area contributed by atoms with Crippen molar-refractivity contribution in [2.75, 3.05) is 6.54 Å². The number of β-amino-alcohol motifs (C(OH)–C–C–N with tert-alkyl or cyclic N) is 1. The summed E-state index contributed by atoms with van der Waals surface area (Å²) in [5, 5.41) is 13.1. The lowest BCUT2D eigenvalue weighted by Gasteiger charge is -2.29. The minimum atomic E-state index is -1.12. The largest absolute Gasteiger partial charge is 0.436 e. The molecule has 3 amide bonds. The normalized spacial score (nSPS) is 19.9. The molecule has 4 atom stereocenters. The zero-order valence-corrected chi connectivity index (χ0v) is 20.0. The predicted molar refractivity (Wildman–Crippen MR) is 124 cm³/mol. The number of aliphatic hydroxyl groups is 1. The molecule has 0 saturated carbocycles. The lowest BCUT2D eigenvalue weighted by Crippen LogP contribution is -2.51. The number of hydrogen-bond acceptors (Lipinski definition) is 7. The Morgan fingerprint density at radius 1 is 1.24 bits per heavy atom. The van der Waals surface area contributed by atoms with Crippen molar-refractivity contribution >= 4 is 29.2 Å². The minimum Gasteiger partial charge on any atom is -0.436 e. The van der Waals surface area contributed by atoms with E-state index < -0.39 is 30.3 Å². The van der Waals surface area contributed by atoms with Crippen molar-refractivity contribution in [3.05, 3.63) is 41.0 Å². The monoisotopic (exact) mass is 474 g/mol. The van der Waals surface area contributed by atoms with Crippen LogP contribution in [0.25, 0.3) is 10.4 Å². The van der Waals surface area contributed by atoms with Gasteiger partial charge in [-0.05, 0) is 30.9 Å². The third kappa shape index (κ3) is 5.69. The van der Waals surface area contributed by atoms with Crippen LogP contribution >= 0.6 is 11.3 Å². The van der Waals surface area contributed by atoms with Crippen molar-refractivity contribution in [1.82, 2.24) is 15.2 Å². The summed E-state index contributed by atoms with van der Waals surface area (Å²) < 4.78 is 4.98. The molecule has 0 aliphatic carbocycles. The number of likely N-dealkylation sites (tertiary alicyclic amines) is 1. The smallest absolute Gasteiger partial charge is 0.405 e. The molecule has 0 spiro atoms. The molecule has 0 bridgehead atoms. The Kier molecular flexibility index (Phi) is 7.70. The number of aryl methyl sites for hydroxylation is 1. The number of amides is 3. The second-order valence-corrected chi connectivity index (χ2v) is 9.47. The van der Waals surface area contributed by atoms with E-state index in [1.165, 1.54) is 4.90 Å². The highest BCUT2D eigenvalue weighted by Crippen LogP contribution is 2.28. The van der Waals surface area contributed by atoms with Crippen LogP contribution in [0, 0.1) is 12.8 Å². The van der Waals surface area contributed by atoms with E-state index in [2.05, 4.69) is 10.3 Å². The Labute approximate surface area is 196 Å². The number of benzene rings is 1. The maximum absolute atomic E-state index is 13.0. The zero-order chi connectivity index (χ0) is 24.3. The van der Waals surface area contributed by atoms with Gasteiger partial charge in [-0.2, -0.15) is 0 Å². The first kappa shape index (κ1) is 24.7. The van der Waals surface area contributed by atoms with Gasteiger partial charge in [-0.15, -0.1) is 11.3 Å². The van der Waals surface area contributed by atoms with Gasteiger partial charge >= 0.3 is 6.09 Å². The fourth-order valence-electron chi connectivity index (χ4n) is 3.96. The summed E-state index contributed by atoms with van der Waals surface area (Å²) in [6.45, 7) is 7.23. The number of nitrogens with two attached hydrogens (primary N) is 1. The number of primary amides is 1. The van der Waals surface area contributed by atoms with Crippen molar-refractivity contribution in [1.29, 1.82) is 0 Å². The summed E-state index contributed by atoms with van der Waals surface area (Å²) >= 11 is 1.57. The molecule has 2 unspecified atom stereocenters. The zero-order valence-electron chi connectivity index (χ0n) is 19.1. The van der Waals surface area contributed by atoms with E-state index >= 15 is 0 Å². The van der Waals surface area contributed by atoms with E-state index in [1.807, 2.05) is 43.6 Å². The number of carbonyl (C=O) groups excluding carboxylic acids is 3. The summed E-state index contributed by atoms with van der Waals surface area (Å²) in [6, 6.07) is 6.69. The highest BCUT2D eigenvalue weighted by Gasteiger charge is 2.43. The van der Waals surface area contributed by atoms with Gasteiger partial charge in [-0.25, -0.2) is 9.78 Å². The molecule has 4 N–H and O–H groups in total. The summed E-state index contributed by atoms with van der Waals surface area (Å²) in [5.74, 6) is -1.26. The van der Waals surface area contributed by atoms with Crippen LogP contribution in [0.5, 0.6) is 0 Å². The summed E-state index contributed by atoms with van der Waals surface area (Å²) in [5.41, 5.74) is 9.85. The van der Waals surface area contributed by atoms with Crippen molar-refractivity contribution in [2.45, 2.75) is 58.4 Å². The highest BCUT2D eigenvalue weighted by molar-refractivity contribution is 7.13. The fraction of sp³-hybridized carbons (Fsp3) is 0.478. The van der Waals surface area contributed by atoms with Crippen LogP contribution in [-0.2, 0) is 14.3 Å². The van der Waals surface area contributed by atoms with Gasteiger partial charge in [0.1, 0.15) is 6.04 Å². The number of nitrogens with zero attached hydrogens (tertiary/aromatic N) is 2. The van der Waals surface area contributed by atoms with Gasteiger partial charge in [0.05, 0.1) is 28.2 Å².